The summed E-state index contributed by atoms with van der Waals surface area (Å²) >= 11 is 0. The standard InChI is InChI=1S/C16H21NO4/c1-10-4-5-11(2)14(6-10)21-9-15(18)17-7-13(8-17)12(3)16(19)20/h4-6,12-13H,7-9H2,1-3H3,(H,19,20). The van der Waals surface area contributed by atoms with E-state index in [1.54, 1.807) is 11.8 Å². The number of aryl methyl sites for hydroxylation is 2. The predicted molar refractivity (Wildman–Crippen MR) is 78.3 cm³/mol. The van der Waals surface area contributed by atoms with Gasteiger partial charge in [-0.25, -0.2) is 0 Å². The molecule has 5 heteroatoms. The van der Waals surface area contributed by atoms with Crippen LogP contribution in [0.25, 0.3) is 0 Å². The van der Waals surface area contributed by atoms with E-state index in [0.717, 1.165) is 16.9 Å². The molecule has 0 aliphatic carbocycles. The Morgan fingerprint density at radius 2 is 2.05 bits per heavy atom. The van der Waals surface area contributed by atoms with Gasteiger partial charge in [-0.05, 0) is 31.0 Å². The molecule has 5 nitrogen and oxygen atoms in total. The molecule has 21 heavy (non-hydrogen) atoms. The molecule has 1 aliphatic heterocycles. The van der Waals surface area contributed by atoms with E-state index in [0.29, 0.717) is 13.1 Å². The average Bonchev–Trinajstić information content (AvgIpc) is 2.37. The zero-order valence-electron chi connectivity index (χ0n) is 12.6. The number of carboxylic acid groups (broad SMARTS) is 1. The number of carboxylic acids is 1. The summed E-state index contributed by atoms with van der Waals surface area (Å²) in [5.74, 6) is -0.538. The molecule has 1 unspecified atom stereocenters. The summed E-state index contributed by atoms with van der Waals surface area (Å²) < 4.78 is 5.57. The number of carbonyl (C=O) groups is 2. The smallest absolute Gasteiger partial charge is 0.306 e. The van der Waals surface area contributed by atoms with E-state index in [-0.39, 0.29) is 18.4 Å². The molecule has 1 N–H and O–H groups in total. The molecule has 0 aromatic heterocycles. The highest BCUT2D eigenvalue weighted by molar-refractivity contribution is 5.79. The zero-order chi connectivity index (χ0) is 15.6. The maximum atomic E-state index is 12.0. The summed E-state index contributed by atoms with van der Waals surface area (Å²) in [6, 6.07) is 5.87. The number of nitrogens with zero attached hydrogens (tertiary/aromatic N) is 1. The number of hydrogen-bond acceptors (Lipinski definition) is 3. The summed E-state index contributed by atoms with van der Waals surface area (Å²) in [6.45, 7) is 6.60. The molecule has 0 spiro atoms. The molecule has 2 rings (SSSR count). The first-order valence-electron chi connectivity index (χ1n) is 7.09. The Hall–Kier alpha value is -2.04. The Morgan fingerprint density at radius 3 is 2.67 bits per heavy atom. The van der Waals surface area contributed by atoms with Crippen molar-refractivity contribution in [1.29, 1.82) is 0 Å². The van der Waals surface area contributed by atoms with Gasteiger partial charge in [0.15, 0.2) is 6.61 Å². The molecule has 1 amide bonds. The first-order valence-corrected chi connectivity index (χ1v) is 7.09. The predicted octanol–water partition coefficient (Wildman–Crippen LogP) is 1.86. The second-order valence-electron chi connectivity index (χ2n) is 5.74. The Labute approximate surface area is 124 Å². The lowest BCUT2D eigenvalue weighted by molar-refractivity contribution is -0.151. The fraction of sp³-hybridized carbons (Fsp3) is 0.500. The number of carbonyl (C=O) groups excluding carboxylic acids is 1. The third-order valence-corrected chi connectivity index (χ3v) is 4.05. The minimum Gasteiger partial charge on any atom is -0.483 e. The highest BCUT2D eigenvalue weighted by Gasteiger charge is 2.37. The Morgan fingerprint density at radius 1 is 1.38 bits per heavy atom. The van der Waals surface area contributed by atoms with Crippen molar-refractivity contribution in [3.63, 3.8) is 0 Å². The number of likely N-dealkylation sites (tertiary alicyclic amines) is 1. The van der Waals surface area contributed by atoms with Crippen molar-refractivity contribution in [3.8, 4) is 5.75 Å². The molecule has 0 bridgehead atoms. The molecule has 1 fully saturated rings. The third-order valence-electron chi connectivity index (χ3n) is 4.05. The van der Waals surface area contributed by atoms with Crippen LogP contribution in [0.1, 0.15) is 18.1 Å². The molecule has 114 valence electrons. The molecule has 1 aliphatic rings. The molecule has 1 saturated heterocycles. The normalized spacial score (nSPS) is 16.2. The third kappa shape index (κ3) is 3.54. The van der Waals surface area contributed by atoms with Gasteiger partial charge >= 0.3 is 5.97 Å². The molecular weight excluding hydrogens is 270 g/mol. The van der Waals surface area contributed by atoms with Crippen LogP contribution in [-0.4, -0.2) is 41.6 Å². The van der Waals surface area contributed by atoms with E-state index in [1.165, 1.54) is 0 Å². The van der Waals surface area contributed by atoms with E-state index in [2.05, 4.69) is 0 Å². The van der Waals surface area contributed by atoms with Gasteiger partial charge < -0.3 is 14.7 Å². The van der Waals surface area contributed by atoms with E-state index in [9.17, 15) is 9.59 Å². The van der Waals surface area contributed by atoms with Crippen LogP contribution in [0.2, 0.25) is 0 Å². The first kappa shape index (κ1) is 15.4. The van der Waals surface area contributed by atoms with Crippen LogP contribution in [0.3, 0.4) is 0 Å². The quantitative estimate of drug-likeness (QED) is 0.899. The lowest BCUT2D eigenvalue weighted by Crippen LogP contribution is -2.54. The number of aliphatic carboxylic acids is 1. The molecule has 1 aromatic rings. The van der Waals surface area contributed by atoms with E-state index < -0.39 is 11.9 Å². The van der Waals surface area contributed by atoms with Crippen LogP contribution in [0.4, 0.5) is 0 Å². The van der Waals surface area contributed by atoms with Crippen LogP contribution in [0, 0.1) is 25.7 Å². The van der Waals surface area contributed by atoms with Gasteiger partial charge in [-0.3, -0.25) is 9.59 Å². The second-order valence-corrected chi connectivity index (χ2v) is 5.74. The van der Waals surface area contributed by atoms with Gasteiger partial charge in [0, 0.05) is 19.0 Å². The maximum Gasteiger partial charge on any atom is 0.306 e. The van der Waals surface area contributed by atoms with Crippen LogP contribution in [-0.2, 0) is 9.59 Å². The SMILES string of the molecule is Cc1ccc(C)c(OCC(=O)N2CC(C(C)C(=O)O)C2)c1. The molecule has 0 radical (unpaired) electrons. The summed E-state index contributed by atoms with van der Waals surface area (Å²) in [5.41, 5.74) is 2.08. The lowest BCUT2D eigenvalue weighted by Gasteiger charge is -2.41. The van der Waals surface area contributed by atoms with Gasteiger partial charge in [0.2, 0.25) is 0 Å². The molecule has 1 atom stereocenters. The molecular formula is C16H21NO4. The Bertz CT molecular complexity index is 549. The van der Waals surface area contributed by atoms with E-state index in [1.807, 2.05) is 32.0 Å². The number of benzene rings is 1. The summed E-state index contributed by atoms with van der Waals surface area (Å²) in [6.07, 6.45) is 0. The monoisotopic (exact) mass is 291 g/mol. The van der Waals surface area contributed by atoms with Gasteiger partial charge in [-0.2, -0.15) is 0 Å². The van der Waals surface area contributed by atoms with Gasteiger partial charge in [0.1, 0.15) is 5.75 Å². The average molecular weight is 291 g/mol. The van der Waals surface area contributed by atoms with Crippen LogP contribution < -0.4 is 4.74 Å². The van der Waals surface area contributed by atoms with Crippen molar-refractivity contribution >= 4 is 11.9 Å². The topological polar surface area (TPSA) is 66.8 Å². The second kappa shape index (κ2) is 6.16. The van der Waals surface area contributed by atoms with Crippen molar-refractivity contribution < 1.29 is 19.4 Å². The summed E-state index contributed by atoms with van der Waals surface area (Å²) in [4.78, 5) is 24.5. The highest BCUT2D eigenvalue weighted by atomic mass is 16.5. The summed E-state index contributed by atoms with van der Waals surface area (Å²) in [5, 5.41) is 8.92. The molecule has 1 aromatic carbocycles. The van der Waals surface area contributed by atoms with Gasteiger partial charge in [-0.15, -0.1) is 0 Å². The van der Waals surface area contributed by atoms with Crippen molar-refractivity contribution in [1.82, 2.24) is 4.90 Å². The number of rotatable bonds is 5. The van der Waals surface area contributed by atoms with Crippen LogP contribution in [0.5, 0.6) is 5.75 Å². The van der Waals surface area contributed by atoms with Crippen LogP contribution >= 0.6 is 0 Å². The maximum absolute atomic E-state index is 12.0. The lowest BCUT2D eigenvalue weighted by atomic mass is 9.87. The molecule has 0 saturated carbocycles. The number of amides is 1. The zero-order valence-corrected chi connectivity index (χ0v) is 12.6. The Kier molecular flexibility index (Phi) is 4.50. The summed E-state index contributed by atoms with van der Waals surface area (Å²) in [7, 11) is 0. The van der Waals surface area contributed by atoms with Crippen molar-refractivity contribution in [2.75, 3.05) is 19.7 Å². The van der Waals surface area contributed by atoms with Crippen LogP contribution in [0.15, 0.2) is 18.2 Å². The molecule has 1 heterocycles. The minimum absolute atomic E-state index is 0.00152. The van der Waals surface area contributed by atoms with E-state index in [4.69, 9.17) is 9.84 Å². The van der Waals surface area contributed by atoms with Crippen molar-refractivity contribution in [3.05, 3.63) is 29.3 Å². The minimum atomic E-state index is -0.807. The number of ether oxygens (including phenoxy) is 1. The largest absolute Gasteiger partial charge is 0.483 e. The van der Waals surface area contributed by atoms with Gasteiger partial charge in [0.05, 0.1) is 5.92 Å². The van der Waals surface area contributed by atoms with Gasteiger partial charge in [0.25, 0.3) is 5.91 Å². The number of hydrogen-bond donors (Lipinski definition) is 1. The van der Waals surface area contributed by atoms with Crippen molar-refractivity contribution in [2.45, 2.75) is 20.8 Å². The highest BCUT2D eigenvalue weighted by Crippen LogP contribution is 2.24. The van der Waals surface area contributed by atoms with E-state index >= 15 is 0 Å². The first-order chi connectivity index (χ1) is 9.88. The van der Waals surface area contributed by atoms with Gasteiger partial charge in [-0.1, -0.05) is 19.1 Å². The van der Waals surface area contributed by atoms with Crippen molar-refractivity contribution in [2.24, 2.45) is 11.8 Å². The Balaban J connectivity index is 1.82. The fourth-order valence-corrected chi connectivity index (χ4v) is 2.33. The fourth-order valence-electron chi connectivity index (χ4n) is 2.33.